The van der Waals surface area contributed by atoms with E-state index in [0.717, 1.165) is 23.5 Å². The molecule has 0 spiro atoms. The molecule has 1 fully saturated rings. The first kappa shape index (κ1) is 25.7. The Balaban J connectivity index is 1.54. The normalized spacial score (nSPS) is 16.0. The van der Waals surface area contributed by atoms with Crippen LogP contribution >= 0.6 is 0 Å². The third kappa shape index (κ3) is 7.83. The van der Waals surface area contributed by atoms with Gasteiger partial charge in [-0.2, -0.15) is 0 Å². The summed E-state index contributed by atoms with van der Waals surface area (Å²) >= 11 is 0. The molecule has 0 radical (unpaired) electrons. The van der Waals surface area contributed by atoms with Crippen molar-refractivity contribution < 1.29 is 19.8 Å². The summed E-state index contributed by atoms with van der Waals surface area (Å²) in [7, 11) is 0. The zero-order valence-corrected chi connectivity index (χ0v) is 19.9. The van der Waals surface area contributed by atoms with Crippen molar-refractivity contribution in [2.75, 3.05) is 6.61 Å². The summed E-state index contributed by atoms with van der Waals surface area (Å²) in [6.07, 6.45) is 9.63. The summed E-state index contributed by atoms with van der Waals surface area (Å²) in [6.45, 7) is 0.646. The minimum absolute atomic E-state index is 0.347. The van der Waals surface area contributed by atoms with Gasteiger partial charge in [0.1, 0.15) is 12.6 Å². The van der Waals surface area contributed by atoms with Crippen LogP contribution in [0.1, 0.15) is 78.9 Å². The number of ketones is 1. The maximum atomic E-state index is 12.4. The molecule has 0 aliphatic heterocycles. The van der Waals surface area contributed by atoms with E-state index in [9.17, 15) is 14.7 Å². The number of aryl methyl sites for hydroxylation is 1. The van der Waals surface area contributed by atoms with Crippen molar-refractivity contribution >= 4 is 11.7 Å². The number of hydrogen-bond donors (Lipinski definition) is 3. The summed E-state index contributed by atoms with van der Waals surface area (Å²) in [5.74, 6) is 6.02. The number of amides is 1. The number of hydrogen-bond acceptors (Lipinski definition) is 4. The molecule has 1 aliphatic carbocycles. The molecular formula is C29H35NO4. The topological polar surface area (TPSA) is 86.6 Å². The van der Waals surface area contributed by atoms with E-state index in [0.29, 0.717) is 5.56 Å². The van der Waals surface area contributed by atoms with Gasteiger partial charge in [0.25, 0.3) is 5.91 Å². The predicted molar refractivity (Wildman–Crippen MR) is 133 cm³/mol. The van der Waals surface area contributed by atoms with E-state index >= 15 is 0 Å². The first-order valence-electron chi connectivity index (χ1n) is 12.3. The quantitative estimate of drug-likeness (QED) is 0.409. The molecule has 2 atom stereocenters. The molecule has 0 bridgehead atoms. The number of benzene rings is 2. The largest absolute Gasteiger partial charge is 0.391 e. The molecule has 0 aromatic heterocycles. The fourth-order valence-corrected chi connectivity index (χ4v) is 4.42. The molecule has 3 N–H and O–H groups in total. The fraction of sp³-hybridized carbons (Fsp3) is 0.448. The highest BCUT2D eigenvalue weighted by Gasteiger charge is 2.25. The average Bonchev–Trinajstić information content (AvgIpc) is 3.14. The van der Waals surface area contributed by atoms with Crippen molar-refractivity contribution in [2.24, 2.45) is 5.92 Å². The Hall–Kier alpha value is -2.94. The minimum Gasteiger partial charge on any atom is -0.391 e. The lowest BCUT2D eigenvalue weighted by Crippen LogP contribution is -2.48. The SMILES string of the molecule is C[C@@H](O)[C@H](NC(=O)c1ccc(C#Cc2ccc(CCC3CCCCCC3)cc2)cc1)C(=O)CO. The van der Waals surface area contributed by atoms with E-state index in [-0.39, 0.29) is 0 Å². The summed E-state index contributed by atoms with van der Waals surface area (Å²) in [4.78, 5) is 24.1. The molecular weight excluding hydrogens is 426 g/mol. The fourth-order valence-electron chi connectivity index (χ4n) is 4.42. The van der Waals surface area contributed by atoms with E-state index in [2.05, 4.69) is 41.4 Å². The van der Waals surface area contributed by atoms with Crippen molar-refractivity contribution in [3.8, 4) is 11.8 Å². The number of rotatable bonds is 8. The zero-order chi connectivity index (χ0) is 24.3. The van der Waals surface area contributed by atoms with Gasteiger partial charge in [-0.1, -0.05) is 62.5 Å². The van der Waals surface area contributed by atoms with Crippen LogP contribution in [0.5, 0.6) is 0 Å². The lowest BCUT2D eigenvalue weighted by atomic mass is 9.93. The van der Waals surface area contributed by atoms with Crippen molar-refractivity contribution in [3.05, 3.63) is 70.8 Å². The van der Waals surface area contributed by atoms with Crippen molar-refractivity contribution in [1.82, 2.24) is 5.32 Å². The lowest BCUT2D eigenvalue weighted by Gasteiger charge is -2.19. The van der Waals surface area contributed by atoms with Crippen molar-refractivity contribution in [2.45, 2.75) is 70.4 Å². The molecule has 0 heterocycles. The summed E-state index contributed by atoms with van der Waals surface area (Å²) < 4.78 is 0. The van der Waals surface area contributed by atoms with Gasteiger partial charge in [0.05, 0.1) is 6.10 Å². The van der Waals surface area contributed by atoms with Gasteiger partial charge in [0.2, 0.25) is 0 Å². The van der Waals surface area contributed by atoms with Crippen LogP contribution in [0.15, 0.2) is 48.5 Å². The second-order valence-electron chi connectivity index (χ2n) is 9.24. The van der Waals surface area contributed by atoms with Gasteiger partial charge in [0, 0.05) is 16.7 Å². The Morgan fingerprint density at radius 3 is 2.03 bits per heavy atom. The monoisotopic (exact) mass is 461 g/mol. The summed E-state index contributed by atoms with van der Waals surface area (Å²) in [6, 6.07) is 14.0. The van der Waals surface area contributed by atoms with Gasteiger partial charge in [-0.15, -0.1) is 0 Å². The highest BCUT2D eigenvalue weighted by Crippen LogP contribution is 2.26. The number of aliphatic hydroxyl groups is 2. The van der Waals surface area contributed by atoms with Crippen molar-refractivity contribution in [3.63, 3.8) is 0 Å². The van der Waals surface area contributed by atoms with Crippen LogP contribution in [0.25, 0.3) is 0 Å². The first-order chi connectivity index (χ1) is 16.5. The number of carbonyl (C=O) groups is 2. The maximum Gasteiger partial charge on any atom is 0.251 e. The molecule has 5 nitrogen and oxygen atoms in total. The number of carbonyl (C=O) groups excluding carboxylic acids is 2. The summed E-state index contributed by atoms with van der Waals surface area (Å²) in [5.41, 5.74) is 3.43. The Morgan fingerprint density at radius 2 is 1.50 bits per heavy atom. The van der Waals surface area contributed by atoms with Gasteiger partial charge >= 0.3 is 0 Å². The van der Waals surface area contributed by atoms with Gasteiger partial charge in [-0.25, -0.2) is 0 Å². The van der Waals surface area contributed by atoms with Crippen LogP contribution in [0.3, 0.4) is 0 Å². The van der Waals surface area contributed by atoms with Gasteiger partial charge < -0.3 is 15.5 Å². The highest BCUT2D eigenvalue weighted by atomic mass is 16.3. The zero-order valence-electron chi connectivity index (χ0n) is 19.9. The molecule has 34 heavy (non-hydrogen) atoms. The van der Waals surface area contributed by atoms with Crippen LogP contribution in [0, 0.1) is 17.8 Å². The Bertz CT molecular complexity index is 991. The van der Waals surface area contributed by atoms with E-state index < -0.39 is 30.4 Å². The molecule has 5 heteroatoms. The van der Waals surface area contributed by atoms with Crippen LogP contribution in [-0.4, -0.2) is 40.7 Å². The van der Waals surface area contributed by atoms with E-state index in [1.807, 2.05) is 0 Å². The third-order valence-electron chi connectivity index (χ3n) is 6.54. The molecule has 180 valence electrons. The van der Waals surface area contributed by atoms with Gasteiger partial charge in [0.15, 0.2) is 5.78 Å². The van der Waals surface area contributed by atoms with Crippen molar-refractivity contribution in [1.29, 1.82) is 0 Å². The second kappa shape index (κ2) is 13.1. The van der Waals surface area contributed by atoms with Gasteiger partial charge in [-0.3, -0.25) is 9.59 Å². The third-order valence-corrected chi connectivity index (χ3v) is 6.54. The Morgan fingerprint density at radius 1 is 0.941 bits per heavy atom. The smallest absolute Gasteiger partial charge is 0.251 e. The molecule has 0 saturated heterocycles. The molecule has 2 aromatic carbocycles. The standard InChI is InChI=1S/C29H35NO4/c1-21(32)28(27(33)20-31)30-29(34)26-18-16-25(17-19-26)15-14-24-12-10-23(11-13-24)9-8-22-6-4-2-3-5-7-22/h10-13,16-19,21-22,28,31-32H,2-9,20H2,1H3,(H,30,34)/t21-,28+/m1/s1. The Labute approximate surface area is 202 Å². The van der Waals surface area contributed by atoms with Crippen LogP contribution < -0.4 is 5.32 Å². The Kier molecular flexibility index (Phi) is 9.88. The van der Waals surface area contributed by atoms with Crippen LogP contribution in [0.2, 0.25) is 0 Å². The molecule has 1 aliphatic rings. The number of Topliss-reactive ketones (excluding diaryl/α,β-unsaturated/α-hetero) is 1. The molecule has 1 saturated carbocycles. The second-order valence-corrected chi connectivity index (χ2v) is 9.24. The van der Waals surface area contributed by atoms with Gasteiger partial charge in [-0.05, 0) is 67.6 Å². The molecule has 1 amide bonds. The average molecular weight is 462 g/mol. The number of aliphatic hydroxyl groups excluding tert-OH is 2. The van der Waals surface area contributed by atoms with Crippen LogP contribution in [0.4, 0.5) is 0 Å². The summed E-state index contributed by atoms with van der Waals surface area (Å²) in [5, 5.41) is 21.2. The maximum absolute atomic E-state index is 12.4. The van der Waals surface area contributed by atoms with E-state index in [1.54, 1.807) is 24.3 Å². The minimum atomic E-state index is -1.15. The number of nitrogens with one attached hydrogen (secondary N) is 1. The van der Waals surface area contributed by atoms with E-state index in [1.165, 1.54) is 57.4 Å². The van der Waals surface area contributed by atoms with E-state index in [4.69, 9.17) is 5.11 Å². The first-order valence-corrected chi connectivity index (χ1v) is 12.3. The predicted octanol–water partition coefficient (Wildman–Crippen LogP) is 4.03. The van der Waals surface area contributed by atoms with Crippen LogP contribution in [-0.2, 0) is 11.2 Å². The molecule has 3 rings (SSSR count). The lowest BCUT2D eigenvalue weighted by molar-refractivity contribution is -0.125. The highest BCUT2D eigenvalue weighted by molar-refractivity contribution is 5.98. The molecule has 0 unspecified atom stereocenters. The molecule has 2 aromatic rings.